The number of benzene rings is 1. The van der Waals surface area contributed by atoms with E-state index in [1.165, 1.54) is 0 Å². The number of rotatable bonds is 6. The number of methoxy groups -OCH3 is 1. The third-order valence-corrected chi connectivity index (χ3v) is 3.94. The van der Waals surface area contributed by atoms with Gasteiger partial charge < -0.3 is 14.7 Å². The minimum atomic E-state index is 0.182. The van der Waals surface area contributed by atoms with Crippen LogP contribution in [0.5, 0.6) is 5.75 Å². The average Bonchev–Trinajstić information content (AvgIpc) is 2.54. The number of hydrogen-bond acceptors (Lipinski definition) is 4. The van der Waals surface area contributed by atoms with Gasteiger partial charge in [-0.05, 0) is 18.1 Å². The summed E-state index contributed by atoms with van der Waals surface area (Å²) in [4.78, 5) is 16.4. The van der Waals surface area contributed by atoms with E-state index < -0.39 is 0 Å². The Morgan fingerprint density at radius 1 is 1.24 bits per heavy atom. The molecular formula is C16H24N2O3. The van der Waals surface area contributed by atoms with Crippen LogP contribution < -0.4 is 4.74 Å². The van der Waals surface area contributed by atoms with Crippen molar-refractivity contribution in [2.75, 3.05) is 46.4 Å². The summed E-state index contributed by atoms with van der Waals surface area (Å²) in [6, 6.07) is 7.83. The Hall–Kier alpha value is -1.59. The Morgan fingerprint density at radius 2 is 1.95 bits per heavy atom. The molecule has 0 atom stereocenters. The summed E-state index contributed by atoms with van der Waals surface area (Å²) in [6.45, 7) is 4.09. The van der Waals surface area contributed by atoms with Gasteiger partial charge in [-0.1, -0.05) is 18.2 Å². The fraction of sp³-hybridized carbons (Fsp3) is 0.562. The van der Waals surface area contributed by atoms with Crippen LogP contribution in [0.2, 0.25) is 0 Å². The largest absolute Gasteiger partial charge is 0.496 e. The van der Waals surface area contributed by atoms with Crippen molar-refractivity contribution in [3.05, 3.63) is 29.8 Å². The van der Waals surface area contributed by atoms with Gasteiger partial charge in [0.05, 0.1) is 13.7 Å². The number of aliphatic hydroxyl groups excluding tert-OH is 1. The molecule has 1 amide bonds. The molecule has 1 N–H and O–H groups in total. The first-order valence-electron chi connectivity index (χ1n) is 7.47. The molecular weight excluding hydrogens is 268 g/mol. The maximum Gasteiger partial charge on any atom is 0.222 e. The van der Waals surface area contributed by atoms with Crippen LogP contribution in [0, 0.1) is 0 Å². The van der Waals surface area contributed by atoms with Gasteiger partial charge in [0.2, 0.25) is 5.91 Å². The van der Waals surface area contributed by atoms with Crippen molar-refractivity contribution in [2.24, 2.45) is 0 Å². The summed E-state index contributed by atoms with van der Waals surface area (Å²) in [6.07, 6.45) is 1.22. The molecule has 0 unspecified atom stereocenters. The zero-order valence-corrected chi connectivity index (χ0v) is 12.6. The highest BCUT2D eigenvalue weighted by molar-refractivity contribution is 5.76. The van der Waals surface area contributed by atoms with Crippen LogP contribution >= 0.6 is 0 Å². The first kappa shape index (κ1) is 15.8. The second-order valence-electron chi connectivity index (χ2n) is 5.26. The van der Waals surface area contributed by atoms with Crippen LogP contribution in [0.4, 0.5) is 0 Å². The van der Waals surface area contributed by atoms with Crippen LogP contribution in [0.1, 0.15) is 12.0 Å². The number of β-amino-alcohol motifs (C(OH)–C–C–N with tert-alkyl or cyclic N) is 1. The fourth-order valence-corrected chi connectivity index (χ4v) is 2.67. The van der Waals surface area contributed by atoms with Crippen molar-refractivity contribution in [1.82, 2.24) is 9.80 Å². The monoisotopic (exact) mass is 292 g/mol. The first-order chi connectivity index (χ1) is 10.2. The maximum absolute atomic E-state index is 12.3. The van der Waals surface area contributed by atoms with E-state index in [0.717, 1.165) is 37.5 Å². The second kappa shape index (κ2) is 8.00. The van der Waals surface area contributed by atoms with Crippen molar-refractivity contribution < 1.29 is 14.6 Å². The Bertz CT molecular complexity index is 457. The Kier molecular flexibility index (Phi) is 6.02. The highest BCUT2D eigenvalue weighted by Crippen LogP contribution is 2.19. The number of aliphatic hydroxyl groups is 1. The number of carbonyl (C=O) groups is 1. The van der Waals surface area contributed by atoms with Crippen molar-refractivity contribution in [2.45, 2.75) is 12.8 Å². The zero-order chi connectivity index (χ0) is 15.1. The van der Waals surface area contributed by atoms with Gasteiger partial charge >= 0.3 is 0 Å². The minimum absolute atomic E-state index is 0.182. The lowest BCUT2D eigenvalue weighted by Crippen LogP contribution is -2.49. The molecule has 1 saturated heterocycles. The summed E-state index contributed by atoms with van der Waals surface area (Å²) >= 11 is 0. The molecule has 5 nitrogen and oxygen atoms in total. The van der Waals surface area contributed by atoms with Crippen LogP contribution in [0.3, 0.4) is 0 Å². The van der Waals surface area contributed by atoms with E-state index >= 15 is 0 Å². The minimum Gasteiger partial charge on any atom is -0.496 e. The number of aryl methyl sites for hydroxylation is 1. The summed E-state index contributed by atoms with van der Waals surface area (Å²) in [5.41, 5.74) is 1.08. The molecule has 5 heteroatoms. The number of carbonyl (C=O) groups excluding carboxylic acids is 1. The number of piperazine rings is 1. The number of nitrogens with zero attached hydrogens (tertiary/aromatic N) is 2. The predicted octanol–water partition coefficient (Wildman–Crippen LogP) is 0.764. The molecule has 2 rings (SSSR count). The molecule has 1 aliphatic rings. The van der Waals surface area contributed by atoms with E-state index in [1.54, 1.807) is 7.11 Å². The summed E-state index contributed by atoms with van der Waals surface area (Å²) in [7, 11) is 1.65. The van der Waals surface area contributed by atoms with Crippen molar-refractivity contribution in [3.8, 4) is 5.75 Å². The van der Waals surface area contributed by atoms with Crippen LogP contribution in [-0.2, 0) is 11.2 Å². The quantitative estimate of drug-likeness (QED) is 0.841. The number of para-hydroxylation sites is 1. The van der Waals surface area contributed by atoms with Gasteiger partial charge in [0.1, 0.15) is 5.75 Å². The zero-order valence-electron chi connectivity index (χ0n) is 12.6. The van der Waals surface area contributed by atoms with Crippen LogP contribution in [-0.4, -0.2) is 67.3 Å². The van der Waals surface area contributed by atoms with Gasteiger partial charge in [-0.15, -0.1) is 0 Å². The lowest BCUT2D eigenvalue weighted by atomic mass is 10.1. The smallest absolute Gasteiger partial charge is 0.222 e. The normalized spacial score (nSPS) is 16.0. The molecule has 1 aliphatic heterocycles. The predicted molar refractivity (Wildman–Crippen MR) is 81.4 cm³/mol. The van der Waals surface area contributed by atoms with E-state index in [-0.39, 0.29) is 12.5 Å². The molecule has 1 aromatic rings. The van der Waals surface area contributed by atoms with E-state index in [0.29, 0.717) is 19.4 Å². The molecule has 21 heavy (non-hydrogen) atoms. The Labute approximate surface area is 126 Å². The van der Waals surface area contributed by atoms with Crippen molar-refractivity contribution in [3.63, 3.8) is 0 Å². The number of ether oxygens (including phenoxy) is 1. The maximum atomic E-state index is 12.3. The number of amides is 1. The van der Waals surface area contributed by atoms with Gasteiger partial charge in [0, 0.05) is 39.1 Å². The molecule has 0 radical (unpaired) electrons. The lowest BCUT2D eigenvalue weighted by Gasteiger charge is -2.34. The van der Waals surface area contributed by atoms with Gasteiger partial charge in [0.25, 0.3) is 0 Å². The summed E-state index contributed by atoms with van der Waals surface area (Å²) in [5, 5.41) is 8.92. The van der Waals surface area contributed by atoms with Gasteiger partial charge in [0.15, 0.2) is 0 Å². The SMILES string of the molecule is COc1ccccc1CCC(=O)N1CCN(CCO)CC1. The third kappa shape index (κ3) is 4.44. The molecule has 116 valence electrons. The van der Waals surface area contributed by atoms with E-state index in [4.69, 9.17) is 9.84 Å². The van der Waals surface area contributed by atoms with Gasteiger partial charge in [-0.25, -0.2) is 0 Å². The molecule has 0 bridgehead atoms. The van der Waals surface area contributed by atoms with E-state index in [9.17, 15) is 4.79 Å². The first-order valence-corrected chi connectivity index (χ1v) is 7.47. The molecule has 0 spiro atoms. The fourth-order valence-electron chi connectivity index (χ4n) is 2.67. The molecule has 0 aromatic heterocycles. The molecule has 1 heterocycles. The van der Waals surface area contributed by atoms with Crippen molar-refractivity contribution in [1.29, 1.82) is 0 Å². The Morgan fingerprint density at radius 3 is 2.62 bits per heavy atom. The average molecular weight is 292 g/mol. The van der Waals surface area contributed by atoms with Crippen molar-refractivity contribution >= 4 is 5.91 Å². The van der Waals surface area contributed by atoms with E-state index in [2.05, 4.69) is 4.90 Å². The Balaban J connectivity index is 1.80. The summed E-state index contributed by atoms with van der Waals surface area (Å²) in [5.74, 6) is 1.04. The standard InChI is InChI=1S/C16H24N2O3/c1-21-15-5-3-2-4-14(15)6-7-16(20)18-10-8-17(9-11-18)12-13-19/h2-5,19H,6-13H2,1H3. The summed E-state index contributed by atoms with van der Waals surface area (Å²) < 4.78 is 5.31. The van der Waals surface area contributed by atoms with Crippen LogP contribution in [0.25, 0.3) is 0 Å². The lowest BCUT2D eigenvalue weighted by molar-refractivity contribution is -0.132. The molecule has 1 aromatic carbocycles. The topological polar surface area (TPSA) is 53.0 Å². The highest BCUT2D eigenvalue weighted by Gasteiger charge is 2.20. The molecule has 0 saturated carbocycles. The van der Waals surface area contributed by atoms with Gasteiger partial charge in [-0.2, -0.15) is 0 Å². The third-order valence-electron chi connectivity index (χ3n) is 3.94. The second-order valence-corrected chi connectivity index (χ2v) is 5.26. The van der Waals surface area contributed by atoms with E-state index in [1.807, 2.05) is 29.2 Å². The molecule has 1 fully saturated rings. The highest BCUT2D eigenvalue weighted by atomic mass is 16.5. The van der Waals surface area contributed by atoms with Crippen LogP contribution in [0.15, 0.2) is 24.3 Å². The van der Waals surface area contributed by atoms with Gasteiger partial charge in [-0.3, -0.25) is 9.69 Å². The number of hydrogen-bond donors (Lipinski definition) is 1. The molecule has 0 aliphatic carbocycles.